The Bertz CT molecular complexity index is 1510. The third-order valence-corrected chi connectivity index (χ3v) is 6.08. The molecule has 1 aliphatic heterocycles. The molecule has 2 amide bonds. The summed E-state index contributed by atoms with van der Waals surface area (Å²) in [5, 5.41) is 12.4. The number of carbonyl (C=O) groups excluding carboxylic acids is 3. The third kappa shape index (κ3) is 7.40. The van der Waals surface area contributed by atoms with Gasteiger partial charge in [0, 0.05) is 17.8 Å². The predicted octanol–water partition coefficient (Wildman–Crippen LogP) is -1.80. The second-order valence-corrected chi connectivity index (χ2v) is 8.79. The number of amides is 2. The van der Waals surface area contributed by atoms with Crippen LogP contribution in [0.5, 0.6) is 0 Å². The summed E-state index contributed by atoms with van der Waals surface area (Å²) < 4.78 is 18.7. The molecule has 2 N–H and O–H groups in total. The van der Waals surface area contributed by atoms with Crippen LogP contribution in [-0.4, -0.2) is 94.6 Å². The number of aliphatic hydroxyl groups is 1. The maximum atomic E-state index is 13.5. The number of nitrogens with zero attached hydrogens (tertiary/aromatic N) is 3. The minimum atomic E-state index is -1.41. The van der Waals surface area contributed by atoms with Gasteiger partial charge < -0.3 is 29.5 Å². The Labute approximate surface area is 241 Å². The monoisotopic (exact) mass is 576 g/mol. The van der Waals surface area contributed by atoms with Gasteiger partial charge in [-0.15, -0.1) is 19.3 Å². The van der Waals surface area contributed by atoms with Gasteiger partial charge in [-0.05, 0) is 12.1 Å². The number of benzene rings is 1. The van der Waals surface area contributed by atoms with E-state index in [0.29, 0.717) is 4.57 Å². The fourth-order valence-electron chi connectivity index (χ4n) is 4.12. The van der Waals surface area contributed by atoms with Crippen molar-refractivity contribution in [3.05, 3.63) is 69.0 Å². The van der Waals surface area contributed by atoms with Crippen LogP contribution in [0.3, 0.4) is 0 Å². The molecule has 0 unspecified atom stereocenters. The van der Waals surface area contributed by atoms with Crippen molar-refractivity contribution in [2.24, 2.45) is 0 Å². The van der Waals surface area contributed by atoms with Crippen molar-refractivity contribution in [3.63, 3.8) is 0 Å². The predicted molar refractivity (Wildman–Crippen MR) is 148 cm³/mol. The highest BCUT2D eigenvalue weighted by molar-refractivity contribution is 5.95. The molecule has 0 aliphatic carbocycles. The van der Waals surface area contributed by atoms with Gasteiger partial charge in [-0.3, -0.25) is 23.7 Å². The molecule has 1 aliphatic rings. The average Bonchev–Trinajstić information content (AvgIpc) is 3.34. The van der Waals surface area contributed by atoms with Gasteiger partial charge >= 0.3 is 5.69 Å². The van der Waals surface area contributed by atoms with Crippen molar-refractivity contribution < 1.29 is 33.7 Å². The van der Waals surface area contributed by atoms with Crippen molar-refractivity contribution in [3.8, 4) is 37.0 Å². The van der Waals surface area contributed by atoms with Crippen LogP contribution in [0.4, 0.5) is 0 Å². The molecule has 2 aromatic rings. The summed E-state index contributed by atoms with van der Waals surface area (Å²) in [4.78, 5) is 65.3. The molecule has 3 rings (SSSR count). The molecule has 2 heterocycles. The number of rotatable bonds is 12. The molecule has 0 spiro atoms. The molecule has 0 bridgehead atoms. The zero-order valence-electron chi connectivity index (χ0n) is 22.4. The molecular weight excluding hydrogens is 548 g/mol. The standard InChI is InChI=1S/C29H28N4O9/c1-4-13-30-22(35)18-40-25-21(17-34)42-28(26(25)41-19-24(37)31(14-5-2)15-6-3)32-16-12-23(36)33(29(32)39)27(38)20-10-8-7-9-11-20/h1-3,7-12,16,21,25-26,28,34H,13-15,17-19H2,(H,30,35)/t21-,25-,26-,28-/m1/s1. The number of hydrogen-bond acceptors (Lipinski definition) is 9. The van der Waals surface area contributed by atoms with Crippen molar-refractivity contribution in [2.75, 3.05) is 39.5 Å². The Hall–Kier alpha value is -4.97. The maximum Gasteiger partial charge on any atom is 0.340 e. The van der Waals surface area contributed by atoms with Crippen LogP contribution in [0, 0.1) is 37.0 Å². The highest BCUT2D eigenvalue weighted by atomic mass is 16.6. The highest BCUT2D eigenvalue weighted by Crippen LogP contribution is 2.33. The van der Waals surface area contributed by atoms with Gasteiger partial charge in [0.05, 0.1) is 26.2 Å². The van der Waals surface area contributed by atoms with E-state index < -0.39 is 73.3 Å². The van der Waals surface area contributed by atoms with E-state index in [2.05, 4.69) is 23.1 Å². The average molecular weight is 577 g/mol. The van der Waals surface area contributed by atoms with E-state index in [1.165, 1.54) is 17.0 Å². The third-order valence-electron chi connectivity index (χ3n) is 6.08. The van der Waals surface area contributed by atoms with Crippen molar-refractivity contribution in [1.82, 2.24) is 19.4 Å². The number of carbonyl (C=O) groups is 3. The van der Waals surface area contributed by atoms with Crippen molar-refractivity contribution >= 4 is 17.7 Å². The molecule has 0 saturated carbocycles. The zero-order chi connectivity index (χ0) is 30.6. The molecule has 218 valence electrons. The van der Waals surface area contributed by atoms with Crippen LogP contribution in [0.2, 0.25) is 0 Å². The lowest BCUT2D eigenvalue weighted by Crippen LogP contribution is -2.47. The first-order valence-corrected chi connectivity index (χ1v) is 12.6. The molecule has 1 saturated heterocycles. The molecule has 1 fully saturated rings. The van der Waals surface area contributed by atoms with Gasteiger partial charge in [0.1, 0.15) is 31.5 Å². The summed E-state index contributed by atoms with van der Waals surface area (Å²) in [6.45, 7) is -2.04. The second-order valence-electron chi connectivity index (χ2n) is 8.79. The molecular formula is C29H28N4O9. The summed E-state index contributed by atoms with van der Waals surface area (Å²) in [7, 11) is 0. The SMILES string of the molecule is C#CCNC(=O)CO[C@H]1[C@@H](OCC(=O)N(CC#C)CC#C)[C@H](n2ccc(=O)n(C(=O)c3ccccc3)c2=O)O[C@@H]1CO. The lowest BCUT2D eigenvalue weighted by molar-refractivity contribution is -0.145. The van der Waals surface area contributed by atoms with E-state index >= 15 is 0 Å². The van der Waals surface area contributed by atoms with E-state index in [1.54, 1.807) is 18.2 Å². The van der Waals surface area contributed by atoms with Gasteiger partial charge in [-0.25, -0.2) is 4.79 Å². The molecule has 42 heavy (non-hydrogen) atoms. The Balaban J connectivity index is 1.99. The van der Waals surface area contributed by atoms with Crippen LogP contribution in [0.25, 0.3) is 0 Å². The highest BCUT2D eigenvalue weighted by Gasteiger charge is 2.48. The second kappa shape index (κ2) is 15.1. The lowest BCUT2D eigenvalue weighted by Gasteiger charge is -2.26. The molecule has 1 aromatic carbocycles. The van der Waals surface area contributed by atoms with E-state index in [1.807, 2.05) is 0 Å². The smallest absolute Gasteiger partial charge is 0.340 e. The van der Waals surface area contributed by atoms with Crippen LogP contribution >= 0.6 is 0 Å². The normalized spacial score (nSPS) is 19.2. The fraction of sp³-hybridized carbons (Fsp3) is 0.345. The molecule has 13 heteroatoms. The Morgan fingerprint density at radius 2 is 1.64 bits per heavy atom. The molecule has 13 nitrogen and oxygen atoms in total. The van der Waals surface area contributed by atoms with Gasteiger partial charge in [0.25, 0.3) is 11.5 Å². The van der Waals surface area contributed by atoms with Gasteiger partial charge in [-0.1, -0.05) is 36.0 Å². The number of ether oxygens (including phenoxy) is 3. The summed E-state index contributed by atoms with van der Waals surface area (Å²) in [6.07, 6.45) is 11.8. The number of aromatic nitrogens is 2. The summed E-state index contributed by atoms with van der Waals surface area (Å²) in [5.41, 5.74) is -1.90. The summed E-state index contributed by atoms with van der Waals surface area (Å²) in [5.74, 6) is 4.81. The first-order chi connectivity index (χ1) is 20.3. The van der Waals surface area contributed by atoms with E-state index in [0.717, 1.165) is 16.8 Å². The summed E-state index contributed by atoms with van der Waals surface area (Å²) >= 11 is 0. The molecule has 4 atom stereocenters. The van der Waals surface area contributed by atoms with E-state index in [-0.39, 0.29) is 25.2 Å². The van der Waals surface area contributed by atoms with Crippen LogP contribution in [0.15, 0.2) is 52.2 Å². The Morgan fingerprint density at radius 1 is 0.976 bits per heavy atom. The van der Waals surface area contributed by atoms with Crippen LogP contribution < -0.4 is 16.6 Å². The maximum absolute atomic E-state index is 13.5. The van der Waals surface area contributed by atoms with Gasteiger partial charge in [-0.2, -0.15) is 4.57 Å². The van der Waals surface area contributed by atoms with Gasteiger partial charge in [0.2, 0.25) is 11.8 Å². The first-order valence-electron chi connectivity index (χ1n) is 12.6. The first kappa shape index (κ1) is 31.6. The largest absolute Gasteiger partial charge is 0.394 e. The summed E-state index contributed by atoms with van der Waals surface area (Å²) in [6, 6.07) is 8.64. The molecule has 0 radical (unpaired) electrons. The lowest BCUT2D eigenvalue weighted by atomic mass is 10.1. The van der Waals surface area contributed by atoms with E-state index in [4.69, 9.17) is 33.5 Å². The van der Waals surface area contributed by atoms with Crippen molar-refractivity contribution in [2.45, 2.75) is 24.5 Å². The number of hydrogen-bond donors (Lipinski definition) is 2. The fourth-order valence-corrected chi connectivity index (χ4v) is 4.12. The van der Waals surface area contributed by atoms with Crippen LogP contribution in [0.1, 0.15) is 16.6 Å². The van der Waals surface area contributed by atoms with Crippen LogP contribution in [-0.2, 0) is 23.8 Å². The zero-order valence-corrected chi connectivity index (χ0v) is 22.4. The number of nitrogens with one attached hydrogen (secondary N) is 1. The quantitative estimate of drug-likeness (QED) is 0.278. The number of aliphatic hydroxyl groups excluding tert-OH is 1. The topological polar surface area (TPSA) is 158 Å². The minimum absolute atomic E-state index is 0.0591. The van der Waals surface area contributed by atoms with Crippen molar-refractivity contribution in [1.29, 1.82) is 0 Å². The Morgan fingerprint density at radius 3 is 2.26 bits per heavy atom. The van der Waals surface area contributed by atoms with E-state index in [9.17, 15) is 29.1 Å². The number of terminal acetylenes is 3. The Kier molecular flexibility index (Phi) is 11.4. The van der Waals surface area contributed by atoms with Gasteiger partial charge in [0.15, 0.2) is 6.23 Å². The molecule has 1 aromatic heterocycles. The minimum Gasteiger partial charge on any atom is -0.394 e.